The van der Waals surface area contributed by atoms with Gasteiger partial charge in [0.2, 0.25) is 0 Å². The molecule has 1 aliphatic heterocycles. The summed E-state index contributed by atoms with van der Waals surface area (Å²) in [5.74, 6) is 0.492. The second-order valence-electron chi connectivity index (χ2n) is 6.87. The van der Waals surface area contributed by atoms with Crippen molar-refractivity contribution < 1.29 is 5.11 Å². The van der Waals surface area contributed by atoms with E-state index in [-0.39, 0.29) is 0 Å². The van der Waals surface area contributed by atoms with Crippen molar-refractivity contribution in [3.8, 4) is 0 Å². The smallest absolute Gasteiger partial charge is 0.0460 e. The van der Waals surface area contributed by atoms with E-state index in [2.05, 4.69) is 65.7 Å². The van der Waals surface area contributed by atoms with Crippen LogP contribution in [0.2, 0.25) is 0 Å². The quantitative estimate of drug-likeness (QED) is 0.854. The number of aliphatic hydroxyl groups excluding tert-OH is 1. The SMILES string of the molecule is Cc1ccc(CNCc2ccc(N3CCC(CO)CC3)cc2)cc1. The van der Waals surface area contributed by atoms with E-state index in [0.29, 0.717) is 12.5 Å². The van der Waals surface area contributed by atoms with E-state index in [9.17, 15) is 5.11 Å². The number of piperidine rings is 1. The van der Waals surface area contributed by atoms with Crippen LogP contribution in [0.15, 0.2) is 48.5 Å². The summed E-state index contributed by atoms with van der Waals surface area (Å²) >= 11 is 0. The van der Waals surface area contributed by atoms with E-state index < -0.39 is 0 Å². The van der Waals surface area contributed by atoms with Crippen molar-refractivity contribution in [2.24, 2.45) is 5.92 Å². The van der Waals surface area contributed by atoms with E-state index in [1.165, 1.54) is 22.4 Å². The summed E-state index contributed by atoms with van der Waals surface area (Å²) in [5.41, 5.74) is 5.24. The van der Waals surface area contributed by atoms with Crippen molar-refractivity contribution in [2.75, 3.05) is 24.6 Å². The van der Waals surface area contributed by atoms with E-state index in [1.54, 1.807) is 0 Å². The molecule has 1 fully saturated rings. The van der Waals surface area contributed by atoms with E-state index in [0.717, 1.165) is 39.0 Å². The summed E-state index contributed by atoms with van der Waals surface area (Å²) in [6.45, 7) is 6.34. The average molecular weight is 324 g/mol. The van der Waals surface area contributed by atoms with Gasteiger partial charge in [0.05, 0.1) is 0 Å². The summed E-state index contributed by atoms with van der Waals surface area (Å²) in [6.07, 6.45) is 2.19. The summed E-state index contributed by atoms with van der Waals surface area (Å²) in [7, 11) is 0. The molecule has 3 heteroatoms. The number of benzene rings is 2. The molecule has 0 aliphatic carbocycles. The molecule has 0 spiro atoms. The monoisotopic (exact) mass is 324 g/mol. The lowest BCUT2D eigenvalue weighted by atomic mass is 9.97. The zero-order valence-electron chi connectivity index (χ0n) is 14.5. The molecule has 0 atom stereocenters. The number of nitrogens with one attached hydrogen (secondary N) is 1. The highest BCUT2D eigenvalue weighted by molar-refractivity contribution is 5.48. The van der Waals surface area contributed by atoms with Gasteiger partial charge in [-0.2, -0.15) is 0 Å². The van der Waals surface area contributed by atoms with Crippen LogP contribution in [0.4, 0.5) is 5.69 Å². The normalized spacial score (nSPS) is 15.7. The average Bonchev–Trinajstić information content (AvgIpc) is 2.64. The molecule has 0 bridgehead atoms. The minimum Gasteiger partial charge on any atom is -0.396 e. The van der Waals surface area contributed by atoms with Crippen LogP contribution in [0.3, 0.4) is 0 Å². The Bertz CT molecular complexity index is 613. The molecule has 1 aliphatic rings. The number of anilines is 1. The Hall–Kier alpha value is -1.84. The first-order chi connectivity index (χ1) is 11.7. The highest BCUT2D eigenvalue weighted by atomic mass is 16.3. The van der Waals surface area contributed by atoms with Gasteiger partial charge in [0.25, 0.3) is 0 Å². The van der Waals surface area contributed by atoms with Crippen LogP contribution < -0.4 is 10.2 Å². The first-order valence-electron chi connectivity index (χ1n) is 8.95. The lowest BCUT2D eigenvalue weighted by Gasteiger charge is -2.33. The van der Waals surface area contributed by atoms with E-state index in [4.69, 9.17) is 0 Å². The predicted octanol–water partition coefficient (Wildman–Crippen LogP) is 3.49. The van der Waals surface area contributed by atoms with Crippen LogP contribution in [0.25, 0.3) is 0 Å². The molecule has 3 rings (SSSR count). The van der Waals surface area contributed by atoms with Gasteiger partial charge in [-0.25, -0.2) is 0 Å². The van der Waals surface area contributed by atoms with Crippen LogP contribution in [-0.2, 0) is 13.1 Å². The highest BCUT2D eigenvalue weighted by Crippen LogP contribution is 2.23. The van der Waals surface area contributed by atoms with Crippen molar-refractivity contribution in [3.05, 3.63) is 65.2 Å². The fraction of sp³-hybridized carbons (Fsp3) is 0.429. The Morgan fingerprint density at radius 2 is 1.46 bits per heavy atom. The number of hydrogen-bond donors (Lipinski definition) is 2. The van der Waals surface area contributed by atoms with Crippen molar-refractivity contribution in [1.29, 1.82) is 0 Å². The zero-order chi connectivity index (χ0) is 16.8. The van der Waals surface area contributed by atoms with Crippen LogP contribution in [0.1, 0.15) is 29.5 Å². The van der Waals surface area contributed by atoms with Crippen molar-refractivity contribution in [1.82, 2.24) is 5.32 Å². The molecule has 2 aromatic carbocycles. The summed E-state index contributed by atoms with van der Waals surface area (Å²) < 4.78 is 0. The van der Waals surface area contributed by atoms with Gasteiger partial charge < -0.3 is 15.3 Å². The summed E-state index contributed by atoms with van der Waals surface area (Å²) in [6, 6.07) is 17.6. The molecule has 1 saturated heterocycles. The Morgan fingerprint density at radius 1 is 0.917 bits per heavy atom. The van der Waals surface area contributed by atoms with Crippen molar-refractivity contribution in [3.63, 3.8) is 0 Å². The molecule has 2 N–H and O–H groups in total. The Balaban J connectivity index is 1.47. The van der Waals surface area contributed by atoms with Gasteiger partial charge in [0.15, 0.2) is 0 Å². The molecule has 0 unspecified atom stereocenters. The molecule has 128 valence electrons. The molecule has 0 saturated carbocycles. The van der Waals surface area contributed by atoms with Crippen LogP contribution in [0, 0.1) is 12.8 Å². The highest BCUT2D eigenvalue weighted by Gasteiger charge is 2.18. The Labute approximate surface area is 145 Å². The number of aryl methyl sites for hydroxylation is 1. The largest absolute Gasteiger partial charge is 0.396 e. The fourth-order valence-electron chi connectivity index (χ4n) is 3.26. The molecule has 1 heterocycles. The predicted molar refractivity (Wildman–Crippen MR) is 100 cm³/mol. The number of aliphatic hydroxyl groups is 1. The van der Waals surface area contributed by atoms with Crippen LogP contribution in [0.5, 0.6) is 0 Å². The van der Waals surface area contributed by atoms with Gasteiger partial charge in [0, 0.05) is 38.5 Å². The zero-order valence-corrected chi connectivity index (χ0v) is 14.5. The van der Waals surface area contributed by atoms with Crippen molar-refractivity contribution in [2.45, 2.75) is 32.9 Å². The summed E-state index contributed by atoms with van der Waals surface area (Å²) in [4.78, 5) is 2.43. The first-order valence-corrected chi connectivity index (χ1v) is 8.95. The number of rotatable bonds is 6. The van der Waals surface area contributed by atoms with Gasteiger partial charge in [-0.05, 0) is 48.9 Å². The maximum Gasteiger partial charge on any atom is 0.0460 e. The third kappa shape index (κ3) is 4.59. The van der Waals surface area contributed by atoms with E-state index in [1.807, 2.05) is 0 Å². The topological polar surface area (TPSA) is 35.5 Å². The molecule has 0 amide bonds. The molecule has 3 nitrogen and oxygen atoms in total. The van der Waals surface area contributed by atoms with E-state index >= 15 is 0 Å². The molecular formula is C21H28N2O. The van der Waals surface area contributed by atoms with Gasteiger partial charge in [-0.15, -0.1) is 0 Å². The maximum atomic E-state index is 9.24. The number of nitrogens with zero attached hydrogens (tertiary/aromatic N) is 1. The van der Waals surface area contributed by atoms with Crippen molar-refractivity contribution >= 4 is 5.69 Å². The first kappa shape index (κ1) is 17.0. The third-order valence-corrected chi connectivity index (χ3v) is 4.95. The van der Waals surface area contributed by atoms with Gasteiger partial charge in [-0.1, -0.05) is 42.0 Å². The molecule has 0 radical (unpaired) electrons. The maximum absolute atomic E-state index is 9.24. The van der Waals surface area contributed by atoms with Gasteiger partial charge in [0.1, 0.15) is 0 Å². The Kier molecular flexibility index (Phi) is 5.89. The van der Waals surface area contributed by atoms with Gasteiger partial charge >= 0.3 is 0 Å². The molecule has 2 aromatic rings. The lowest BCUT2D eigenvalue weighted by Crippen LogP contribution is -2.34. The number of hydrogen-bond acceptors (Lipinski definition) is 3. The van der Waals surface area contributed by atoms with Crippen LogP contribution >= 0.6 is 0 Å². The Morgan fingerprint density at radius 3 is 2.00 bits per heavy atom. The summed E-state index contributed by atoms with van der Waals surface area (Å²) in [5, 5.41) is 12.7. The molecule has 24 heavy (non-hydrogen) atoms. The lowest BCUT2D eigenvalue weighted by molar-refractivity contribution is 0.203. The van der Waals surface area contributed by atoms with Gasteiger partial charge in [-0.3, -0.25) is 0 Å². The standard InChI is InChI=1S/C21H28N2O/c1-17-2-4-18(5-3-17)14-22-15-19-6-8-21(9-7-19)23-12-10-20(16-24)11-13-23/h2-9,20,22,24H,10-16H2,1H3. The minimum atomic E-state index is 0.333. The third-order valence-electron chi connectivity index (χ3n) is 4.95. The second kappa shape index (κ2) is 8.32. The van der Waals surface area contributed by atoms with Crippen LogP contribution in [-0.4, -0.2) is 24.8 Å². The second-order valence-corrected chi connectivity index (χ2v) is 6.87. The fourth-order valence-corrected chi connectivity index (χ4v) is 3.26. The molecule has 0 aromatic heterocycles. The molecular weight excluding hydrogens is 296 g/mol. The minimum absolute atomic E-state index is 0.333.